The van der Waals surface area contributed by atoms with Gasteiger partial charge in [0.05, 0.1) is 0 Å². The molecule has 6 unspecified atom stereocenters. The van der Waals surface area contributed by atoms with E-state index in [0.29, 0.717) is 0 Å². The van der Waals surface area contributed by atoms with E-state index < -0.39 is 0 Å². The summed E-state index contributed by atoms with van der Waals surface area (Å²) >= 11 is 9.05. The fraction of sp³-hybridized carbons (Fsp3) is 1.00. The molecule has 3 fully saturated rings. The summed E-state index contributed by atoms with van der Waals surface area (Å²) in [5.74, 6) is 8.39. The average Bonchev–Trinajstić information content (AvgIpc) is 2.87. The fourth-order valence-electron chi connectivity index (χ4n) is 4.80. The van der Waals surface area contributed by atoms with Crippen LogP contribution >= 0.6 is 25.3 Å². The molecule has 0 heterocycles. The van der Waals surface area contributed by atoms with Crippen molar-refractivity contribution in [1.29, 1.82) is 0 Å². The number of hydrogen-bond donors (Lipinski definition) is 2. The lowest BCUT2D eigenvalue weighted by molar-refractivity contribution is 0.174. The largest absolute Gasteiger partial charge is 0.179 e. The Kier molecular flexibility index (Phi) is 2.56. The first kappa shape index (κ1) is 9.89. The molecule has 2 heteroatoms. The van der Waals surface area contributed by atoms with Crippen LogP contribution in [0.5, 0.6) is 0 Å². The van der Waals surface area contributed by atoms with Crippen LogP contribution in [0.2, 0.25) is 0 Å². The molecule has 0 spiro atoms. The Labute approximate surface area is 98.0 Å². The Morgan fingerprint density at radius 1 is 0.857 bits per heavy atom. The minimum Gasteiger partial charge on any atom is -0.179 e. The Morgan fingerprint density at radius 3 is 2.36 bits per heavy atom. The summed E-state index contributed by atoms with van der Waals surface area (Å²) in [6.45, 7) is 0. The van der Waals surface area contributed by atoms with Gasteiger partial charge in [0.1, 0.15) is 0 Å². The second-order valence-corrected chi connectivity index (χ2v) is 6.33. The normalized spacial score (nSPS) is 55.3. The maximum Gasteiger partial charge on any atom is -0.00666 e. The molecule has 0 aliphatic heterocycles. The highest BCUT2D eigenvalue weighted by molar-refractivity contribution is 7.80. The van der Waals surface area contributed by atoms with Crippen LogP contribution in [0.25, 0.3) is 0 Å². The topological polar surface area (TPSA) is 0 Å². The third-order valence-corrected chi connectivity index (χ3v) is 6.20. The van der Waals surface area contributed by atoms with E-state index in [4.69, 9.17) is 0 Å². The molecule has 0 aromatic heterocycles. The number of hydrogen-bond acceptors (Lipinski definition) is 2. The molecule has 14 heavy (non-hydrogen) atoms. The first-order valence-electron chi connectivity index (χ1n) is 6.07. The summed E-state index contributed by atoms with van der Waals surface area (Å²) < 4.78 is 0. The summed E-state index contributed by atoms with van der Waals surface area (Å²) in [4.78, 5) is 0. The number of fused-ring (bicyclic) bond motifs is 5. The third kappa shape index (κ3) is 1.22. The van der Waals surface area contributed by atoms with Gasteiger partial charge in [-0.3, -0.25) is 0 Å². The molecule has 0 radical (unpaired) electrons. The molecule has 0 aromatic rings. The molecule has 3 aliphatic rings. The van der Waals surface area contributed by atoms with Gasteiger partial charge in [0.15, 0.2) is 0 Å². The number of rotatable bonds is 2. The summed E-state index contributed by atoms with van der Waals surface area (Å²) in [6, 6.07) is 0. The van der Waals surface area contributed by atoms with Crippen LogP contribution in [0.1, 0.15) is 25.7 Å². The molecule has 0 nitrogen and oxygen atoms in total. The molecule has 2 bridgehead atoms. The van der Waals surface area contributed by atoms with E-state index >= 15 is 0 Å². The summed E-state index contributed by atoms with van der Waals surface area (Å²) in [6.07, 6.45) is 6.00. The zero-order chi connectivity index (χ0) is 9.71. The van der Waals surface area contributed by atoms with Gasteiger partial charge in [-0.25, -0.2) is 0 Å². The van der Waals surface area contributed by atoms with Crippen molar-refractivity contribution >= 4 is 25.3 Å². The first-order chi connectivity index (χ1) is 6.85. The van der Waals surface area contributed by atoms with Crippen LogP contribution < -0.4 is 0 Å². The van der Waals surface area contributed by atoms with Crippen molar-refractivity contribution in [3.63, 3.8) is 0 Å². The molecule has 0 saturated heterocycles. The van der Waals surface area contributed by atoms with Crippen LogP contribution in [0.3, 0.4) is 0 Å². The van der Waals surface area contributed by atoms with Gasteiger partial charge < -0.3 is 0 Å². The SMILES string of the molecule is SCC1CC2CC1C1C(CS)CCC21. The van der Waals surface area contributed by atoms with Crippen molar-refractivity contribution in [2.75, 3.05) is 11.5 Å². The lowest BCUT2D eigenvalue weighted by Crippen LogP contribution is -2.29. The van der Waals surface area contributed by atoms with E-state index in [-0.39, 0.29) is 0 Å². The lowest BCUT2D eigenvalue weighted by atomic mass is 9.74. The Bertz CT molecular complexity index is 228. The Hall–Kier alpha value is 0.700. The van der Waals surface area contributed by atoms with Crippen molar-refractivity contribution in [1.82, 2.24) is 0 Å². The van der Waals surface area contributed by atoms with Crippen LogP contribution in [0.15, 0.2) is 0 Å². The molecular weight excluding hydrogens is 208 g/mol. The molecule has 0 N–H and O–H groups in total. The maximum absolute atomic E-state index is 4.53. The molecule has 0 amide bonds. The second-order valence-electron chi connectivity index (χ2n) is 5.60. The van der Waals surface area contributed by atoms with Crippen LogP contribution in [0.4, 0.5) is 0 Å². The zero-order valence-electron chi connectivity index (χ0n) is 8.60. The molecule has 6 atom stereocenters. The predicted molar refractivity (Wildman–Crippen MR) is 67.1 cm³/mol. The first-order valence-corrected chi connectivity index (χ1v) is 7.33. The molecule has 3 saturated carbocycles. The molecular formula is C12H20S2. The minimum absolute atomic E-state index is 0.945. The maximum atomic E-state index is 4.53. The minimum atomic E-state index is 0.945. The van der Waals surface area contributed by atoms with E-state index in [9.17, 15) is 0 Å². The van der Waals surface area contributed by atoms with Gasteiger partial charge in [0, 0.05) is 0 Å². The van der Waals surface area contributed by atoms with Gasteiger partial charge in [-0.1, -0.05) is 0 Å². The number of thiol groups is 2. The van der Waals surface area contributed by atoms with E-state index in [0.717, 1.165) is 47.0 Å². The third-order valence-electron chi connectivity index (χ3n) is 5.26. The van der Waals surface area contributed by atoms with Gasteiger partial charge in [-0.15, -0.1) is 0 Å². The predicted octanol–water partition coefficient (Wildman–Crippen LogP) is 3.14. The Balaban J connectivity index is 1.82. The molecule has 3 rings (SSSR count). The van der Waals surface area contributed by atoms with Crippen molar-refractivity contribution < 1.29 is 0 Å². The highest BCUT2D eigenvalue weighted by Crippen LogP contribution is 2.62. The van der Waals surface area contributed by atoms with E-state index in [2.05, 4.69) is 25.3 Å². The highest BCUT2D eigenvalue weighted by Gasteiger charge is 2.56. The zero-order valence-corrected chi connectivity index (χ0v) is 10.4. The molecule has 0 aromatic carbocycles. The second kappa shape index (κ2) is 3.62. The molecule has 3 aliphatic carbocycles. The van der Waals surface area contributed by atoms with Gasteiger partial charge in [-0.2, -0.15) is 25.3 Å². The van der Waals surface area contributed by atoms with Crippen LogP contribution in [0, 0.1) is 35.5 Å². The summed E-state index contributed by atoms with van der Waals surface area (Å²) in [7, 11) is 0. The van der Waals surface area contributed by atoms with Crippen molar-refractivity contribution in [2.45, 2.75) is 25.7 Å². The fourth-order valence-corrected chi connectivity index (χ4v) is 5.65. The van der Waals surface area contributed by atoms with Gasteiger partial charge in [0.2, 0.25) is 0 Å². The van der Waals surface area contributed by atoms with Gasteiger partial charge in [-0.05, 0) is 72.7 Å². The average molecular weight is 228 g/mol. The summed E-state index contributed by atoms with van der Waals surface area (Å²) in [5.41, 5.74) is 0. The van der Waals surface area contributed by atoms with Crippen molar-refractivity contribution in [3.05, 3.63) is 0 Å². The smallest absolute Gasteiger partial charge is 0.00666 e. The monoisotopic (exact) mass is 228 g/mol. The van der Waals surface area contributed by atoms with E-state index in [1.807, 2.05) is 0 Å². The van der Waals surface area contributed by atoms with Crippen LogP contribution in [-0.2, 0) is 0 Å². The van der Waals surface area contributed by atoms with Crippen molar-refractivity contribution in [3.8, 4) is 0 Å². The quantitative estimate of drug-likeness (QED) is 0.667. The van der Waals surface area contributed by atoms with Gasteiger partial charge in [0.25, 0.3) is 0 Å². The van der Waals surface area contributed by atoms with E-state index in [1.165, 1.54) is 25.7 Å². The van der Waals surface area contributed by atoms with Crippen LogP contribution in [-0.4, -0.2) is 11.5 Å². The molecule has 80 valence electrons. The lowest BCUT2D eigenvalue weighted by Gasteiger charge is -2.33. The standard InChI is InChI=1S/C12H20S2/c13-5-7-1-2-10-8-3-9(6-14)11(4-8)12(7)10/h7-14H,1-6H2. The van der Waals surface area contributed by atoms with Gasteiger partial charge >= 0.3 is 0 Å². The Morgan fingerprint density at radius 2 is 1.64 bits per heavy atom. The van der Waals surface area contributed by atoms with E-state index in [1.54, 1.807) is 0 Å². The summed E-state index contributed by atoms with van der Waals surface area (Å²) in [5, 5.41) is 0. The highest BCUT2D eigenvalue weighted by atomic mass is 32.1. The van der Waals surface area contributed by atoms with Crippen molar-refractivity contribution in [2.24, 2.45) is 35.5 Å².